The van der Waals surface area contributed by atoms with Gasteiger partial charge in [-0.1, -0.05) is 103 Å². The zero-order valence-electron chi connectivity index (χ0n) is 26.2. The summed E-state index contributed by atoms with van der Waals surface area (Å²) < 4.78 is 0. The zero-order valence-corrected chi connectivity index (χ0v) is 26.2. The largest absolute Gasteiger partial charge is 0.397 e. The summed E-state index contributed by atoms with van der Waals surface area (Å²) in [6, 6.07) is 6.76. The van der Waals surface area contributed by atoms with Crippen LogP contribution in [0.1, 0.15) is 79.9 Å². The van der Waals surface area contributed by atoms with E-state index in [2.05, 4.69) is 99.1 Å². The van der Waals surface area contributed by atoms with Gasteiger partial charge in [-0.25, -0.2) is 0 Å². The highest BCUT2D eigenvalue weighted by Gasteiger charge is 2.19. The molecule has 0 fully saturated rings. The zero-order chi connectivity index (χ0) is 30.4. The first-order chi connectivity index (χ1) is 18.7. The maximum absolute atomic E-state index is 8.00. The maximum atomic E-state index is 8.00. The number of carbonyl (C=O) groups excluding carboxylic acids is 1. The van der Waals surface area contributed by atoms with Gasteiger partial charge in [0.2, 0.25) is 0 Å². The van der Waals surface area contributed by atoms with Crippen LogP contribution in [0.3, 0.4) is 0 Å². The fourth-order valence-electron chi connectivity index (χ4n) is 3.59. The number of allylic oxidation sites excluding steroid dienone is 8. The second kappa shape index (κ2) is 21.8. The summed E-state index contributed by atoms with van der Waals surface area (Å²) in [6.07, 6.45) is 17.3. The van der Waals surface area contributed by atoms with Gasteiger partial charge >= 0.3 is 0 Å². The van der Waals surface area contributed by atoms with Crippen molar-refractivity contribution < 1.29 is 9.90 Å². The Labute approximate surface area is 240 Å². The molecule has 0 saturated heterocycles. The lowest BCUT2D eigenvalue weighted by Gasteiger charge is -2.32. The van der Waals surface area contributed by atoms with Crippen LogP contribution >= 0.6 is 0 Å². The Hall–Kier alpha value is -3.13. The van der Waals surface area contributed by atoms with Gasteiger partial charge in [-0.05, 0) is 73.6 Å². The number of aliphatic hydroxyl groups excluding tert-OH is 1. The molecule has 0 amide bonds. The van der Waals surface area contributed by atoms with E-state index in [-0.39, 0.29) is 6.61 Å². The second-order valence-electron chi connectivity index (χ2n) is 9.34. The maximum Gasteiger partial charge on any atom is 0.106 e. The molecule has 0 bridgehead atoms. The van der Waals surface area contributed by atoms with Crippen LogP contribution in [0.4, 0.5) is 5.69 Å². The van der Waals surface area contributed by atoms with Gasteiger partial charge in [0.25, 0.3) is 0 Å². The fourth-order valence-corrected chi connectivity index (χ4v) is 3.59. The van der Waals surface area contributed by atoms with E-state index in [0.717, 1.165) is 13.0 Å². The Balaban J connectivity index is 0. The molecule has 0 aromatic heterocycles. The van der Waals surface area contributed by atoms with Gasteiger partial charge in [0.15, 0.2) is 0 Å². The summed E-state index contributed by atoms with van der Waals surface area (Å²) in [7, 11) is 0. The molecule has 3 N–H and O–H groups in total. The van der Waals surface area contributed by atoms with Crippen molar-refractivity contribution in [2.45, 2.75) is 81.2 Å². The molecule has 0 spiro atoms. The van der Waals surface area contributed by atoms with Crippen molar-refractivity contribution in [2.24, 2.45) is 17.6 Å². The molecule has 2 aliphatic rings. The van der Waals surface area contributed by atoms with E-state index < -0.39 is 5.54 Å². The van der Waals surface area contributed by atoms with Gasteiger partial charge in [0.05, 0.1) is 5.54 Å². The molecule has 0 aliphatic heterocycles. The summed E-state index contributed by atoms with van der Waals surface area (Å²) in [5.41, 5.74) is 12.0. The molecule has 216 valence electrons. The third kappa shape index (κ3) is 14.0. The summed E-state index contributed by atoms with van der Waals surface area (Å²) in [4.78, 5) is 10.5. The number of benzene rings is 1. The lowest BCUT2D eigenvalue weighted by molar-refractivity contribution is -0.0980. The number of aliphatic hydroxyl groups is 1. The van der Waals surface area contributed by atoms with E-state index >= 15 is 0 Å². The number of carbonyl (C=O) groups is 1. The summed E-state index contributed by atoms with van der Waals surface area (Å²) in [5.74, 6) is 7.56. The molecule has 2 aliphatic carbocycles. The number of hydrogen-bond donors (Lipinski definition) is 2. The van der Waals surface area contributed by atoms with E-state index in [9.17, 15) is 0 Å². The average Bonchev–Trinajstić information content (AvgIpc) is 3.32. The van der Waals surface area contributed by atoms with Crippen LogP contribution in [-0.2, 0) is 4.79 Å². The van der Waals surface area contributed by atoms with Crippen molar-refractivity contribution in [3.63, 3.8) is 0 Å². The predicted octanol–water partition coefficient (Wildman–Crippen LogP) is 8.03. The van der Waals surface area contributed by atoms with Crippen LogP contribution in [0.25, 0.3) is 5.57 Å². The minimum atomic E-state index is -0.405. The average molecular weight is 535 g/mol. The molecule has 4 heteroatoms. The van der Waals surface area contributed by atoms with Crippen LogP contribution in [0.5, 0.6) is 0 Å². The molecular formula is C35H54N2O2. The monoisotopic (exact) mass is 534 g/mol. The number of aryl methyl sites for hydroxylation is 1. The van der Waals surface area contributed by atoms with Crippen molar-refractivity contribution in [3.8, 4) is 11.8 Å². The fraction of sp³-hybridized carbons (Fsp3) is 0.457. The van der Waals surface area contributed by atoms with Gasteiger partial charge in [-0.2, -0.15) is 0 Å². The van der Waals surface area contributed by atoms with Gasteiger partial charge < -0.3 is 20.5 Å². The number of nitrogens with zero attached hydrogens (tertiary/aromatic N) is 1. The first kappa shape index (κ1) is 38.0. The Morgan fingerprint density at radius 3 is 2.26 bits per heavy atom. The Morgan fingerprint density at radius 2 is 1.69 bits per heavy atom. The van der Waals surface area contributed by atoms with Gasteiger partial charge in [-0.15, -0.1) is 0 Å². The molecule has 0 heterocycles. The quantitative estimate of drug-likeness (QED) is 0.363. The summed E-state index contributed by atoms with van der Waals surface area (Å²) in [5, 5.41) is 7.57. The van der Waals surface area contributed by atoms with Crippen LogP contribution in [-0.4, -0.2) is 30.6 Å². The summed E-state index contributed by atoms with van der Waals surface area (Å²) >= 11 is 0. The van der Waals surface area contributed by atoms with Gasteiger partial charge in [-0.3, -0.25) is 0 Å². The third-order valence-electron chi connectivity index (χ3n) is 5.97. The van der Waals surface area contributed by atoms with Crippen molar-refractivity contribution in [1.29, 1.82) is 0 Å². The lowest BCUT2D eigenvalue weighted by Crippen LogP contribution is -2.30. The minimum Gasteiger partial charge on any atom is -0.397 e. The van der Waals surface area contributed by atoms with Crippen molar-refractivity contribution in [3.05, 3.63) is 83.6 Å². The van der Waals surface area contributed by atoms with E-state index in [4.69, 9.17) is 15.6 Å². The molecule has 2 atom stereocenters. The van der Waals surface area contributed by atoms with Crippen molar-refractivity contribution >= 4 is 18.0 Å². The molecule has 3 rings (SSSR count). The molecule has 0 radical (unpaired) electrons. The molecule has 0 saturated carbocycles. The standard InChI is InChI=1S/C28H34N2.C2H6O.2C2H6.CH2O/c1-21(2)23(4)20-30(26-12-8-6-7-9-13-26)27-15-14-25(19-22(27)3)24-11-10-17-28(5,29)18-16-24;1-2-3;3*1-2/h6,8,10-12,14-19,21,23H,13,20,29H2,1-5H3;3H,2H2,1H3;2*1-2H3;1H2. The Morgan fingerprint density at radius 1 is 1.08 bits per heavy atom. The molecule has 1 aromatic carbocycles. The number of rotatable bonds is 6. The van der Waals surface area contributed by atoms with Crippen LogP contribution in [0.2, 0.25) is 0 Å². The smallest absolute Gasteiger partial charge is 0.106 e. The Kier molecular flexibility index (Phi) is 21.2. The van der Waals surface area contributed by atoms with Crippen LogP contribution in [0.15, 0.2) is 72.5 Å². The summed E-state index contributed by atoms with van der Waals surface area (Å²) in [6.45, 7) is 24.0. The van der Waals surface area contributed by atoms with Crippen molar-refractivity contribution in [2.75, 3.05) is 18.1 Å². The first-order valence-electron chi connectivity index (χ1n) is 14.2. The van der Waals surface area contributed by atoms with E-state index in [1.54, 1.807) is 6.92 Å². The van der Waals surface area contributed by atoms with Crippen LogP contribution in [0, 0.1) is 30.6 Å². The molecule has 39 heavy (non-hydrogen) atoms. The van der Waals surface area contributed by atoms with Crippen molar-refractivity contribution in [1.82, 2.24) is 0 Å². The van der Waals surface area contributed by atoms with E-state index in [0.29, 0.717) is 11.8 Å². The van der Waals surface area contributed by atoms with E-state index in [1.807, 2.05) is 53.6 Å². The highest BCUT2D eigenvalue weighted by atomic mass is 16.2. The molecule has 4 nitrogen and oxygen atoms in total. The predicted molar refractivity (Wildman–Crippen MR) is 174 cm³/mol. The second-order valence-corrected chi connectivity index (χ2v) is 9.34. The normalized spacial score (nSPS) is 17.3. The molecular weight excluding hydrogens is 480 g/mol. The van der Waals surface area contributed by atoms with Gasteiger partial charge in [0.1, 0.15) is 6.79 Å². The highest BCUT2D eigenvalue weighted by Crippen LogP contribution is 2.31. The van der Waals surface area contributed by atoms with E-state index in [1.165, 1.54) is 28.1 Å². The van der Waals surface area contributed by atoms with Crippen LogP contribution < -0.4 is 10.6 Å². The lowest BCUT2D eigenvalue weighted by atomic mass is 9.95. The molecule has 2 unspecified atom stereocenters. The van der Waals surface area contributed by atoms with Gasteiger partial charge in [0, 0.05) is 31.0 Å². The SMILES string of the molecule is C=O.CC.CC.CCO.Cc1cc(C2=CC=CC(C)(N)C=C2)ccc1N(CC(C)C(C)C)C1=CC=CC#CC1. The first-order valence-corrected chi connectivity index (χ1v) is 14.2. The number of anilines is 1. The minimum absolute atomic E-state index is 0.250. The topological polar surface area (TPSA) is 66.6 Å². The Bertz CT molecular complexity index is 1030. The molecule has 1 aromatic rings. The number of hydrogen-bond acceptors (Lipinski definition) is 4. The third-order valence-corrected chi connectivity index (χ3v) is 5.97. The number of nitrogens with two attached hydrogens (primary N) is 1. The highest BCUT2D eigenvalue weighted by molar-refractivity contribution is 5.78.